The van der Waals surface area contributed by atoms with Gasteiger partial charge in [-0.15, -0.1) is 46.9 Å². The third kappa shape index (κ3) is 10.2. The number of para-hydroxylation sites is 4. The standard InChI is InChI=1S/C56H38N4O2S2.2C7H7.Zr/c1-33-27-43(53(61)51(29-33)59-47-23-11-7-19-39(47)40-20-8-12-24-48(40)59)35-15-3-5-17-37(35)45-31-63-55(57-45)56-58-46(32-64-56)38-18-6-4-16-36(38)44-28-34(2)30-52(54(44)62)60-49-25-13-9-21-41(49)42-22-10-14-26-50(42)60;2*1-7-5-3-2-4-6-7;/h3-32,61-62H,1-2H3;2*2-6H,1H2;/q;2*-1;+2. The molecule has 380 valence electrons. The summed E-state index contributed by atoms with van der Waals surface area (Å²) in [5, 5.41) is 34.8. The minimum atomic E-state index is 0. The van der Waals surface area contributed by atoms with Crippen LogP contribution in [0.3, 0.4) is 0 Å². The van der Waals surface area contributed by atoms with Gasteiger partial charge in [0.1, 0.15) is 11.5 Å². The van der Waals surface area contributed by atoms with E-state index in [1.54, 1.807) is 22.7 Å². The maximum absolute atomic E-state index is 12.2. The van der Waals surface area contributed by atoms with E-state index in [-0.39, 0.29) is 37.7 Å². The number of aromatic hydroxyl groups is 2. The maximum atomic E-state index is 12.2. The van der Waals surface area contributed by atoms with Crippen molar-refractivity contribution in [3.05, 3.63) is 277 Å². The van der Waals surface area contributed by atoms with Crippen molar-refractivity contribution in [2.45, 2.75) is 13.8 Å². The van der Waals surface area contributed by atoms with Crippen LogP contribution in [0, 0.1) is 27.7 Å². The van der Waals surface area contributed by atoms with E-state index in [2.05, 4.69) is 169 Å². The average molecular weight is 1140 g/mol. The number of hydrogen-bond donors (Lipinski definition) is 2. The number of thiazole rings is 2. The summed E-state index contributed by atoms with van der Waals surface area (Å²) in [6.45, 7) is 11.6. The van der Waals surface area contributed by atoms with E-state index in [4.69, 9.17) is 9.97 Å². The second kappa shape index (κ2) is 22.7. The third-order valence-corrected chi connectivity index (χ3v) is 15.8. The topological polar surface area (TPSA) is 76.1 Å². The number of hydrogen-bond acceptors (Lipinski definition) is 6. The molecule has 0 spiro atoms. The molecule has 14 rings (SSSR count). The SMILES string of the molecule is Cc1cc(-c2ccccc2-c2csc(-c3nc(-c4ccccc4-c4cc(C)cc(-n5c6ccccc6c6ccccc65)c4O)cs3)n2)c(O)c(-n2c3ccccc3c3ccccc32)c1.[CH2-]c1ccccc1.[CH2-]c1ccccc1.[Zr+2]. The zero-order chi connectivity index (χ0) is 53.3. The molecule has 4 aromatic heterocycles. The molecule has 4 heterocycles. The Balaban J connectivity index is 0.000000385. The first-order valence-corrected chi connectivity index (χ1v) is 27.5. The third-order valence-electron chi connectivity index (χ3n) is 14.0. The Morgan fingerprint density at radius 2 is 0.646 bits per heavy atom. The Labute approximate surface area is 487 Å². The van der Waals surface area contributed by atoms with E-state index in [1.165, 1.54) is 0 Å². The molecular formula is C70H52N4O2S2Zr. The summed E-state index contributed by atoms with van der Waals surface area (Å²) in [5.74, 6) is 0.426. The summed E-state index contributed by atoms with van der Waals surface area (Å²) in [6.07, 6.45) is 0. The van der Waals surface area contributed by atoms with Crippen LogP contribution >= 0.6 is 22.7 Å². The van der Waals surface area contributed by atoms with Crippen LogP contribution < -0.4 is 0 Å². The number of fused-ring (bicyclic) bond motifs is 6. The van der Waals surface area contributed by atoms with E-state index in [9.17, 15) is 10.2 Å². The van der Waals surface area contributed by atoms with Gasteiger partial charge in [-0.2, -0.15) is 49.2 Å². The number of rotatable bonds is 7. The fraction of sp³-hybridized carbons (Fsp3) is 0.0286. The minimum absolute atomic E-state index is 0. The normalized spacial score (nSPS) is 11.0. The Bertz CT molecular complexity index is 4090. The van der Waals surface area contributed by atoms with Crippen molar-refractivity contribution in [2.24, 2.45) is 0 Å². The van der Waals surface area contributed by atoms with Crippen LogP contribution in [0.5, 0.6) is 11.5 Å². The van der Waals surface area contributed by atoms with Gasteiger partial charge >= 0.3 is 26.2 Å². The maximum Gasteiger partial charge on any atom is 2.00 e. The second-order valence-electron chi connectivity index (χ2n) is 19.2. The number of benzene rings is 10. The Kier molecular flexibility index (Phi) is 15.0. The molecule has 6 nitrogen and oxygen atoms in total. The van der Waals surface area contributed by atoms with Crippen molar-refractivity contribution in [2.75, 3.05) is 0 Å². The predicted molar refractivity (Wildman–Crippen MR) is 328 cm³/mol. The molecule has 0 aliphatic rings. The summed E-state index contributed by atoms with van der Waals surface area (Å²) in [5.41, 5.74) is 16.6. The van der Waals surface area contributed by atoms with Gasteiger partial charge in [0.2, 0.25) is 0 Å². The summed E-state index contributed by atoms with van der Waals surface area (Å²) in [4.78, 5) is 10.4. The zero-order valence-corrected chi connectivity index (χ0v) is 47.6. The van der Waals surface area contributed by atoms with E-state index >= 15 is 0 Å². The molecule has 0 unspecified atom stereocenters. The Hall–Kier alpha value is -8.72. The van der Waals surface area contributed by atoms with Crippen molar-refractivity contribution < 1.29 is 36.4 Å². The van der Waals surface area contributed by atoms with Crippen LogP contribution in [0.2, 0.25) is 0 Å². The number of nitrogens with zero attached hydrogens (tertiary/aromatic N) is 4. The van der Waals surface area contributed by atoms with Crippen molar-refractivity contribution in [3.8, 4) is 77.7 Å². The van der Waals surface area contributed by atoms with Gasteiger partial charge < -0.3 is 19.3 Å². The van der Waals surface area contributed by atoms with Crippen LogP contribution in [0.4, 0.5) is 0 Å². The molecule has 0 aliphatic heterocycles. The van der Waals surface area contributed by atoms with Gasteiger partial charge in [-0.05, 0) is 84.6 Å². The van der Waals surface area contributed by atoms with Crippen LogP contribution in [-0.4, -0.2) is 29.3 Å². The van der Waals surface area contributed by atoms with Gasteiger partial charge in [0.05, 0.1) is 44.8 Å². The molecular weight excluding hydrogens is 1080 g/mol. The fourth-order valence-corrected chi connectivity index (χ4v) is 12.2. The van der Waals surface area contributed by atoms with Crippen LogP contribution in [-0.2, 0) is 26.2 Å². The van der Waals surface area contributed by atoms with Gasteiger partial charge in [-0.25, -0.2) is 9.97 Å². The van der Waals surface area contributed by atoms with Crippen molar-refractivity contribution in [1.29, 1.82) is 0 Å². The predicted octanol–water partition coefficient (Wildman–Crippen LogP) is 18.9. The zero-order valence-electron chi connectivity index (χ0n) is 43.5. The first-order valence-electron chi connectivity index (χ1n) is 25.7. The molecule has 10 aromatic carbocycles. The first-order chi connectivity index (χ1) is 38.2. The minimum Gasteiger partial charge on any atom is -0.505 e. The molecule has 0 aliphatic carbocycles. The summed E-state index contributed by atoms with van der Waals surface area (Å²) in [6, 6.07) is 77.7. The van der Waals surface area contributed by atoms with Gasteiger partial charge in [-0.3, -0.25) is 0 Å². The van der Waals surface area contributed by atoms with E-state index < -0.39 is 0 Å². The number of phenols is 2. The average Bonchev–Trinajstić information content (AvgIpc) is 4.48. The largest absolute Gasteiger partial charge is 2.00 e. The number of aromatic nitrogens is 4. The monoisotopic (exact) mass is 1130 g/mol. The quantitative estimate of drug-likeness (QED) is 0.156. The first kappa shape index (κ1) is 52.3. The molecule has 0 atom stereocenters. The Morgan fingerprint density at radius 3 is 0.962 bits per heavy atom. The van der Waals surface area contributed by atoms with Gasteiger partial charge in [0.15, 0.2) is 10.0 Å². The van der Waals surface area contributed by atoms with Crippen LogP contribution in [0.25, 0.3) is 110 Å². The van der Waals surface area contributed by atoms with Crippen molar-refractivity contribution in [1.82, 2.24) is 19.1 Å². The van der Waals surface area contributed by atoms with Gasteiger partial charge in [-0.1, -0.05) is 133 Å². The van der Waals surface area contributed by atoms with Gasteiger partial charge in [0.25, 0.3) is 0 Å². The van der Waals surface area contributed by atoms with Crippen LogP contribution in [0.15, 0.2) is 241 Å². The Morgan fingerprint density at radius 1 is 0.354 bits per heavy atom. The van der Waals surface area contributed by atoms with E-state index in [0.29, 0.717) is 0 Å². The molecule has 14 aromatic rings. The molecule has 0 saturated carbocycles. The molecule has 0 amide bonds. The molecule has 2 N–H and O–H groups in total. The van der Waals surface area contributed by atoms with Crippen molar-refractivity contribution >= 4 is 66.3 Å². The molecule has 0 saturated heterocycles. The second-order valence-corrected chi connectivity index (χ2v) is 21.0. The number of phenolic OH excluding ortho intramolecular Hbond substituents is 2. The summed E-state index contributed by atoms with van der Waals surface area (Å²) >= 11 is 3.11. The van der Waals surface area contributed by atoms with Gasteiger partial charge in [0, 0.05) is 54.6 Å². The molecule has 0 fully saturated rings. The smallest absolute Gasteiger partial charge is 0.505 e. The molecule has 9 heteroatoms. The van der Waals surface area contributed by atoms with E-state index in [0.717, 1.165) is 132 Å². The molecule has 79 heavy (non-hydrogen) atoms. The summed E-state index contributed by atoms with van der Waals surface area (Å²) < 4.78 is 4.34. The van der Waals surface area contributed by atoms with Crippen LogP contribution in [0.1, 0.15) is 22.3 Å². The molecule has 0 bridgehead atoms. The fourth-order valence-electron chi connectivity index (χ4n) is 10.5. The summed E-state index contributed by atoms with van der Waals surface area (Å²) in [7, 11) is 0. The molecule has 0 radical (unpaired) electrons. The number of aryl methyl sites for hydroxylation is 2. The van der Waals surface area contributed by atoms with Crippen molar-refractivity contribution in [3.63, 3.8) is 0 Å². The van der Waals surface area contributed by atoms with E-state index in [1.807, 2.05) is 109 Å².